The average Bonchev–Trinajstić information content (AvgIpc) is 3.38. The van der Waals surface area contributed by atoms with E-state index in [1.165, 1.54) is 0 Å². The quantitative estimate of drug-likeness (QED) is 0.0653. The number of carbonyl (C=O) groups excluding carboxylic acids is 6. The second-order valence-electron chi connectivity index (χ2n) is 12.0. The van der Waals surface area contributed by atoms with E-state index in [2.05, 4.69) is 21.3 Å². The van der Waals surface area contributed by atoms with Gasteiger partial charge in [-0.2, -0.15) is 0 Å². The summed E-state index contributed by atoms with van der Waals surface area (Å²) in [6, 6.07) is 10.2. The number of fused-ring (bicyclic) bond motifs is 1. The summed E-state index contributed by atoms with van der Waals surface area (Å²) in [4.78, 5) is 79.7. The first-order chi connectivity index (χ1) is 25.5. The van der Waals surface area contributed by atoms with Crippen LogP contribution >= 0.6 is 0 Å². The molecule has 1 aliphatic rings. The Balaban J connectivity index is 1.28. The maximum Gasteiger partial charge on any atom is 0.407 e. The number of primary amides is 1. The lowest BCUT2D eigenvalue weighted by Gasteiger charge is -2.25. The first-order valence-electron chi connectivity index (χ1n) is 17.1. The molecule has 7 N–H and O–H groups in total. The molecule has 1 heterocycles. The number of amides is 7. The van der Waals surface area contributed by atoms with E-state index in [-0.39, 0.29) is 78.3 Å². The predicted molar refractivity (Wildman–Crippen MR) is 188 cm³/mol. The molecule has 1 aliphatic heterocycles. The number of nitrogens with one attached hydrogen (secondary N) is 4. The molecule has 0 radical (unpaired) electrons. The van der Waals surface area contributed by atoms with Crippen molar-refractivity contribution in [3.63, 3.8) is 0 Å². The molecule has 2 aromatic carbocycles. The van der Waals surface area contributed by atoms with E-state index in [1.54, 1.807) is 62.4 Å². The minimum atomic E-state index is -1.03. The van der Waals surface area contributed by atoms with Crippen molar-refractivity contribution in [1.82, 2.24) is 21.0 Å². The number of urea groups is 1. The smallest absolute Gasteiger partial charge is 0.407 e. The molecule has 0 bridgehead atoms. The number of imide groups is 1. The fourth-order valence-electron chi connectivity index (χ4n) is 4.88. The van der Waals surface area contributed by atoms with E-state index in [0.29, 0.717) is 28.8 Å². The Morgan fingerprint density at radius 3 is 1.89 bits per heavy atom. The molecule has 0 aliphatic carbocycles. The van der Waals surface area contributed by atoms with Gasteiger partial charge in [0, 0.05) is 12.2 Å². The first kappa shape index (κ1) is 42.3. The molecular weight excluding hydrogens is 696 g/mol. The molecule has 290 valence electrons. The first-order valence-corrected chi connectivity index (χ1v) is 17.1. The van der Waals surface area contributed by atoms with Crippen molar-refractivity contribution in [1.29, 1.82) is 0 Å². The number of benzene rings is 2. The van der Waals surface area contributed by atoms with Crippen LogP contribution in [-0.2, 0) is 40.0 Å². The minimum absolute atomic E-state index is 0.00263. The van der Waals surface area contributed by atoms with Gasteiger partial charge in [0.2, 0.25) is 11.8 Å². The number of aliphatic hydroxyl groups is 1. The Morgan fingerprint density at radius 2 is 1.34 bits per heavy atom. The average molecular weight is 745 g/mol. The SMILES string of the molecule is CC(C)[C@H](NC(=O)OCCOCCOCCOCCON1C(=O)c2ccccc2C1=O)C(=O)N[C@@H](CCCNC(N)=O)C(=O)Nc1ccc(CO)cc1. The normalized spacial score (nSPS) is 13.3. The van der Waals surface area contributed by atoms with Crippen molar-refractivity contribution in [3.05, 3.63) is 65.2 Å². The van der Waals surface area contributed by atoms with Gasteiger partial charge in [-0.15, -0.1) is 5.06 Å². The fraction of sp³-hybridized carbons (Fsp3) is 0.486. The molecular formula is C35H48N6O12. The zero-order valence-corrected chi connectivity index (χ0v) is 29.8. The number of hydrogen-bond donors (Lipinski definition) is 6. The molecule has 18 nitrogen and oxygen atoms in total. The summed E-state index contributed by atoms with van der Waals surface area (Å²) in [6.45, 7) is 4.56. The van der Waals surface area contributed by atoms with E-state index < -0.39 is 47.8 Å². The van der Waals surface area contributed by atoms with Crippen molar-refractivity contribution in [2.45, 2.75) is 45.4 Å². The van der Waals surface area contributed by atoms with Gasteiger partial charge in [-0.05, 0) is 48.6 Å². The van der Waals surface area contributed by atoms with E-state index >= 15 is 0 Å². The number of hydrogen-bond acceptors (Lipinski definition) is 12. The molecule has 7 amide bonds. The number of alkyl carbamates (subject to hydrolysis) is 1. The number of carbonyl (C=O) groups is 6. The lowest BCUT2D eigenvalue weighted by Crippen LogP contribution is -2.54. The highest BCUT2D eigenvalue weighted by Crippen LogP contribution is 2.22. The monoisotopic (exact) mass is 744 g/mol. The van der Waals surface area contributed by atoms with Gasteiger partial charge in [-0.3, -0.25) is 24.0 Å². The van der Waals surface area contributed by atoms with Crippen LogP contribution in [0.1, 0.15) is 53.0 Å². The highest BCUT2D eigenvalue weighted by molar-refractivity contribution is 6.20. The Morgan fingerprint density at radius 1 is 0.774 bits per heavy atom. The third kappa shape index (κ3) is 14.4. The van der Waals surface area contributed by atoms with Crippen LogP contribution < -0.4 is 27.0 Å². The molecule has 0 unspecified atom stereocenters. The number of rotatable bonds is 24. The zero-order valence-electron chi connectivity index (χ0n) is 29.8. The molecule has 53 heavy (non-hydrogen) atoms. The third-order valence-electron chi connectivity index (χ3n) is 7.64. The lowest BCUT2D eigenvalue weighted by molar-refractivity contribution is -0.128. The number of nitrogens with two attached hydrogens (primary N) is 1. The number of hydroxylamine groups is 2. The van der Waals surface area contributed by atoms with Gasteiger partial charge in [-0.25, -0.2) is 9.59 Å². The Bertz CT molecular complexity index is 1490. The van der Waals surface area contributed by atoms with E-state index in [4.69, 9.17) is 29.5 Å². The van der Waals surface area contributed by atoms with Crippen LogP contribution in [0.15, 0.2) is 48.5 Å². The maximum atomic E-state index is 13.2. The van der Waals surface area contributed by atoms with Crippen molar-refractivity contribution in [2.24, 2.45) is 11.7 Å². The summed E-state index contributed by atoms with van der Waals surface area (Å²) in [6.07, 6.45) is -0.366. The van der Waals surface area contributed by atoms with Crippen LogP contribution in [0.2, 0.25) is 0 Å². The zero-order chi connectivity index (χ0) is 38.6. The molecule has 2 aromatic rings. The standard InChI is InChI=1S/C35H48N6O12/c1-23(2)29(31(44)39-28(8-5-13-37-34(36)47)30(43)38-25-11-9-24(22-42)10-12-25)40-35(48)52-20-18-50-16-14-49-15-17-51-19-21-53-41-32(45)26-6-3-4-7-27(26)33(41)46/h3-4,6-7,9-12,23,28-29,42H,5,8,13-22H2,1-2H3,(H,38,43)(H,39,44)(H,40,48)(H3,36,37,47)/t28-,29-/m0/s1. The van der Waals surface area contributed by atoms with Crippen LogP contribution in [0.3, 0.4) is 0 Å². The summed E-state index contributed by atoms with van der Waals surface area (Å²) in [5, 5.41) is 20.4. The summed E-state index contributed by atoms with van der Waals surface area (Å²) in [5.74, 6) is -2.51. The highest BCUT2D eigenvalue weighted by atomic mass is 16.7. The molecule has 0 saturated heterocycles. The maximum absolute atomic E-state index is 13.2. The molecule has 0 aromatic heterocycles. The number of ether oxygens (including phenoxy) is 4. The summed E-state index contributed by atoms with van der Waals surface area (Å²) in [5.41, 5.74) is 6.82. The van der Waals surface area contributed by atoms with Crippen LogP contribution in [0.5, 0.6) is 0 Å². The predicted octanol–water partition coefficient (Wildman–Crippen LogP) is 1.08. The molecule has 0 fully saturated rings. The Labute approximate surface area is 306 Å². The van der Waals surface area contributed by atoms with Gasteiger partial charge in [0.1, 0.15) is 18.7 Å². The second-order valence-corrected chi connectivity index (χ2v) is 12.0. The molecule has 2 atom stereocenters. The van der Waals surface area contributed by atoms with Crippen molar-refractivity contribution < 1.29 is 57.7 Å². The van der Waals surface area contributed by atoms with Gasteiger partial charge < -0.3 is 51.1 Å². The summed E-state index contributed by atoms with van der Waals surface area (Å²) >= 11 is 0. The second kappa shape index (κ2) is 22.7. The van der Waals surface area contributed by atoms with Gasteiger partial charge >= 0.3 is 12.1 Å². The van der Waals surface area contributed by atoms with Gasteiger partial charge in [0.05, 0.1) is 64.0 Å². The lowest BCUT2D eigenvalue weighted by atomic mass is 10.0. The van der Waals surface area contributed by atoms with E-state index in [9.17, 15) is 33.9 Å². The fourth-order valence-corrected chi connectivity index (χ4v) is 4.88. The highest BCUT2D eigenvalue weighted by Gasteiger charge is 2.36. The molecule has 0 spiro atoms. The summed E-state index contributed by atoms with van der Waals surface area (Å²) in [7, 11) is 0. The van der Waals surface area contributed by atoms with Gasteiger partial charge in [0.25, 0.3) is 11.8 Å². The largest absolute Gasteiger partial charge is 0.447 e. The van der Waals surface area contributed by atoms with Gasteiger partial charge in [0.15, 0.2) is 0 Å². The van der Waals surface area contributed by atoms with Crippen LogP contribution in [0, 0.1) is 5.92 Å². The van der Waals surface area contributed by atoms with Crippen LogP contribution in [0.25, 0.3) is 0 Å². The Hall–Kier alpha value is -5.14. The van der Waals surface area contributed by atoms with Crippen LogP contribution in [0.4, 0.5) is 15.3 Å². The van der Waals surface area contributed by atoms with Crippen molar-refractivity contribution in [2.75, 3.05) is 64.7 Å². The van der Waals surface area contributed by atoms with Crippen molar-refractivity contribution in [3.8, 4) is 0 Å². The number of aliphatic hydroxyl groups excluding tert-OH is 1. The number of nitrogens with zero attached hydrogens (tertiary/aromatic N) is 1. The Kier molecular flexibility index (Phi) is 18.1. The van der Waals surface area contributed by atoms with Crippen molar-refractivity contribution >= 4 is 41.4 Å². The molecule has 0 saturated carbocycles. The molecule has 18 heteroatoms. The topological polar surface area (TPSA) is 246 Å². The summed E-state index contributed by atoms with van der Waals surface area (Å²) < 4.78 is 21.4. The van der Waals surface area contributed by atoms with Gasteiger partial charge in [-0.1, -0.05) is 38.1 Å². The number of anilines is 1. The van der Waals surface area contributed by atoms with Crippen LogP contribution in [-0.4, -0.2) is 117 Å². The van der Waals surface area contributed by atoms with E-state index in [0.717, 1.165) is 5.06 Å². The van der Waals surface area contributed by atoms with E-state index in [1.807, 2.05) is 0 Å². The molecule has 3 rings (SSSR count). The third-order valence-corrected chi connectivity index (χ3v) is 7.64. The minimum Gasteiger partial charge on any atom is -0.447 e.